The van der Waals surface area contributed by atoms with Crippen LogP contribution in [0.4, 0.5) is 0 Å². The lowest BCUT2D eigenvalue weighted by molar-refractivity contribution is 0.475. The number of unbranched alkanes of at least 4 members (excludes halogenated alkanes) is 10. The lowest BCUT2D eigenvalue weighted by atomic mass is 10.1. The van der Waals surface area contributed by atoms with E-state index < -0.39 is 0 Å². The van der Waals surface area contributed by atoms with Crippen molar-refractivity contribution in [3.8, 4) is 22.8 Å². The second kappa shape index (κ2) is 16.1. The first kappa shape index (κ1) is 26.9. The summed E-state index contributed by atoms with van der Waals surface area (Å²) in [4.78, 5) is 3.41. The second-order valence-electron chi connectivity index (χ2n) is 8.62. The molecule has 0 saturated carbocycles. The van der Waals surface area contributed by atoms with Gasteiger partial charge in [-0.15, -0.1) is 20.4 Å². The Kier molecular flexibility index (Phi) is 12.7. The third-order valence-electron chi connectivity index (χ3n) is 5.79. The Hall–Kier alpha value is -1.68. The van der Waals surface area contributed by atoms with Crippen LogP contribution < -0.4 is 0 Å². The topological polar surface area (TPSA) is 87.2 Å². The van der Waals surface area contributed by atoms with Crippen LogP contribution in [0, 0.1) is 0 Å². The van der Waals surface area contributed by atoms with Crippen LogP contribution in [0.25, 0.3) is 22.8 Å². The van der Waals surface area contributed by atoms with Gasteiger partial charge in [0.1, 0.15) is 0 Å². The Bertz CT molecular complexity index is 850. The number of nitrogens with zero attached hydrogens (tertiary/aromatic N) is 8. The Balaban J connectivity index is 1.40. The van der Waals surface area contributed by atoms with Crippen LogP contribution in [-0.4, -0.2) is 51.1 Å². The summed E-state index contributed by atoms with van der Waals surface area (Å²) < 4.78 is 0. The van der Waals surface area contributed by atoms with Crippen LogP contribution in [0.5, 0.6) is 0 Å². The maximum absolute atomic E-state index is 4.54. The van der Waals surface area contributed by atoms with E-state index in [1.807, 2.05) is 24.3 Å². The monoisotopic (exact) mass is 594 g/mol. The zero-order chi connectivity index (χ0) is 23.8. The van der Waals surface area contributed by atoms with E-state index in [9.17, 15) is 0 Å². The van der Waals surface area contributed by atoms with E-state index in [-0.39, 0.29) is 0 Å². The van der Waals surface area contributed by atoms with Crippen LogP contribution in [-0.2, 0) is 13.1 Å². The molecule has 1 aromatic carbocycles. The molecule has 0 saturated heterocycles. The van der Waals surface area contributed by atoms with E-state index in [4.69, 9.17) is 0 Å². The Morgan fingerprint density at radius 3 is 1.24 bits per heavy atom. The van der Waals surface area contributed by atoms with Gasteiger partial charge in [0.2, 0.25) is 11.6 Å². The quantitative estimate of drug-likeness (QED) is 0.124. The molecule has 0 amide bonds. The predicted octanol–water partition coefficient (Wildman–Crippen LogP) is 6.46. The summed E-state index contributed by atoms with van der Waals surface area (Å²) in [5.41, 5.74) is 1.88. The average Bonchev–Trinajstić information content (AvgIpc) is 3.53. The smallest absolute Gasteiger partial charge is 0.164 e. The number of rotatable bonds is 18. The summed E-state index contributed by atoms with van der Waals surface area (Å²) in [5.74, 6) is 1.30. The molecule has 186 valence electrons. The van der Waals surface area contributed by atoms with Gasteiger partial charge in [-0.05, 0) is 36.1 Å². The third kappa shape index (κ3) is 9.52. The summed E-state index contributed by atoms with van der Waals surface area (Å²) in [6.45, 7) is 1.63. The van der Waals surface area contributed by atoms with Crippen molar-refractivity contribution in [2.24, 2.45) is 0 Å². The van der Waals surface area contributed by atoms with Crippen LogP contribution in [0.2, 0.25) is 0 Å². The van der Waals surface area contributed by atoms with E-state index in [1.54, 1.807) is 9.59 Å². The Morgan fingerprint density at radius 1 is 0.500 bits per heavy atom. The molecule has 3 rings (SSSR count). The number of benzene rings is 1. The van der Waals surface area contributed by atoms with Gasteiger partial charge in [0.15, 0.2) is 0 Å². The molecule has 0 unspecified atom stereocenters. The van der Waals surface area contributed by atoms with E-state index >= 15 is 0 Å². The second-order valence-corrected chi connectivity index (χ2v) is 10.2. The van der Waals surface area contributed by atoms with Gasteiger partial charge in [-0.1, -0.05) is 107 Å². The molecule has 0 aliphatic rings. The van der Waals surface area contributed by atoms with E-state index in [2.05, 4.69) is 62.7 Å². The highest BCUT2D eigenvalue weighted by Crippen LogP contribution is 2.20. The molecule has 0 N–H and O–H groups in total. The van der Waals surface area contributed by atoms with Crippen molar-refractivity contribution in [3.05, 3.63) is 24.3 Å². The standard InChI is InChI=1S/C24H36Br2N8/c25-17-9-5-1-3-7-11-19-33-29-23(27-31-33)21-13-15-22(16-14-21)24-28-32-34(30-24)20-12-8-4-2-6-10-18-26/h13-16H,1-12,17-20H2. The molecule has 0 radical (unpaired) electrons. The largest absolute Gasteiger partial charge is 0.204 e. The highest BCUT2D eigenvalue weighted by atomic mass is 79.9. The molecule has 10 heteroatoms. The van der Waals surface area contributed by atoms with Crippen molar-refractivity contribution in [3.63, 3.8) is 0 Å². The molecular formula is C24H36Br2N8. The minimum Gasteiger partial charge on any atom is -0.164 e. The number of halogens is 2. The van der Waals surface area contributed by atoms with Crippen LogP contribution in [0.1, 0.15) is 77.0 Å². The first-order chi connectivity index (χ1) is 16.8. The van der Waals surface area contributed by atoms with Crippen molar-refractivity contribution in [1.29, 1.82) is 0 Å². The molecule has 34 heavy (non-hydrogen) atoms. The summed E-state index contributed by atoms with van der Waals surface area (Å²) in [6, 6.07) is 7.98. The van der Waals surface area contributed by atoms with Crippen LogP contribution in [0.3, 0.4) is 0 Å². The first-order valence-corrected chi connectivity index (χ1v) is 14.8. The third-order valence-corrected chi connectivity index (χ3v) is 6.91. The molecule has 8 nitrogen and oxygen atoms in total. The Labute approximate surface area is 219 Å². The predicted molar refractivity (Wildman–Crippen MR) is 143 cm³/mol. The molecular weight excluding hydrogens is 560 g/mol. The minimum atomic E-state index is 0.650. The highest BCUT2D eigenvalue weighted by molar-refractivity contribution is 9.09. The van der Waals surface area contributed by atoms with Crippen molar-refractivity contribution in [2.75, 3.05) is 10.7 Å². The van der Waals surface area contributed by atoms with E-state index in [0.717, 1.165) is 47.7 Å². The molecule has 0 spiro atoms. The fourth-order valence-corrected chi connectivity index (χ4v) is 4.58. The maximum atomic E-state index is 4.54. The highest BCUT2D eigenvalue weighted by Gasteiger charge is 2.09. The number of aromatic nitrogens is 8. The van der Waals surface area contributed by atoms with E-state index in [1.165, 1.54) is 64.2 Å². The zero-order valence-corrected chi connectivity index (χ0v) is 23.1. The van der Waals surface area contributed by atoms with Gasteiger partial charge in [-0.25, -0.2) is 0 Å². The van der Waals surface area contributed by atoms with Gasteiger partial charge < -0.3 is 0 Å². The maximum Gasteiger partial charge on any atom is 0.204 e. The molecule has 3 aromatic rings. The number of hydrogen-bond donors (Lipinski definition) is 0. The summed E-state index contributed by atoms with van der Waals surface area (Å²) in [5, 5.41) is 28.2. The van der Waals surface area contributed by atoms with Crippen LogP contribution in [0.15, 0.2) is 24.3 Å². The first-order valence-electron chi connectivity index (χ1n) is 12.6. The average molecular weight is 596 g/mol. The van der Waals surface area contributed by atoms with Crippen molar-refractivity contribution >= 4 is 31.9 Å². The lowest BCUT2D eigenvalue weighted by Crippen LogP contribution is -2.02. The molecule has 0 atom stereocenters. The number of hydrogen-bond acceptors (Lipinski definition) is 6. The molecule has 2 aromatic heterocycles. The minimum absolute atomic E-state index is 0.650. The van der Waals surface area contributed by atoms with Crippen molar-refractivity contribution in [2.45, 2.75) is 90.1 Å². The SMILES string of the molecule is BrCCCCCCCCn1nnc(-c2ccc(-c3nnn(CCCCCCCCBr)n3)cc2)n1. The van der Waals surface area contributed by atoms with Gasteiger partial charge in [0, 0.05) is 21.8 Å². The van der Waals surface area contributed by atoms with Gasteiger partial charge in [0.05, 0.1) is 13.1 Å². The summed E-state index contributed by atoms with van der Waals surface area (Å²) in [6.07, 6.45) is 14.9. The molecule has 2 heterocycles. The summed E-state index contributed by atoms with van der Waals surface area (Å²) in [7, 11) is 0. The zero-order valence-electron chi connectivity index (χ0n) is 20.0. The lowest BCUT2D eigenvalue weighted by Gasteiger charge is -2.01. The summed E-state index contributed by atoms with van der Waals surface area (Å²) >= 11 is 6.96. The fraction of sp³-hybridized carbons (Fsp3) is 0.667. The van der Waals surface area contributed by atoms with Crippen LogP contribution >= 0.6 is 31.9 Å². The van der Waals surface area contributed by atoms with Crippen molar-refractivity contribution in [1.82, 2.24) is 40.4 Å². The van der Waals surface area contributed by atoms with Gasteiger partial charge >= 0.3 is 0 Å². The van der Waals surface area contributed by atoms with E-state index in [0.29, 0.717) is 11.6 Å². The van der Waals surface area contributed by atoms with Gasteiger partial charge in [-0.3, -0.25) is 0 Å². The van der Waals surface area contributed by atoms with Crippen molar-refractivity contribution < 1.29 is 0 Å². The number of tetrazole rings is 2. The molecule has 0 fully saturated rings. The Morgan fingerprint density at radius 2 is 0.853 bits per heavy atom. The normalized spacial score (nSPS) is 11.4. The van der Waals surface area contributed by atoms with Gasteiger partial charge in [0.25, 0.3) is 0 Å². The molecule has 0 aliphatic heterocycles. The molecule has 0 bridgehead atoms. The molecule has 0 aliphatic carbocycles. The number of aryl methyl sites for hydroxylation is 2. The van der Waals surface area contributed by atoms with Gasteiger partial charge in [-0.2, -0.15) is 9.59 Å². The fourth-order valence-electron chi connectivity index (χ4n) is 3.79. The number of alkyl halides is 2.